The SMILES string of the molecule is CC[N+](C)(C)C[Si](C)(C)C. The van der Waals surface area contributed by atoms with Gasteiger partial charge in [0.25, 0.3) is 0 Å². The molecule has 0 bridgehead atoms. The van der Waals surface area contributed by atoms with Crippen LogP contribution in [0.5, 0.6) is 0 Å². The Hall–Kier alpha value is 0.177. The van der Waals surface area contributed by atoms with Crippen molar-refractivity contribution in [2.24, 2.45) is 0 Å². The van der Waals surface area contributed by atoms with Crippen molar-refractivity contribution in [1.82, 2.24) is 0 Å². The van der Waals surface area contributed by atoms with Gasteiger partial charge in [-0.25, -0.2) is 0 Å². The van der Waals surface area contributed by atoms with Gasteiger partial charge >= 0.3 is 0 Å². The van der Waals surface area contributed by atoms with Gasteiger partial charge in [-0.05, 0) is 6.92 Å². The molecule has 0 aromatic rings. The molecule has 0 saturated carbocycles. The fraction of sp³-hybridized carbons (Fsp3) is 1.00. The highest BCUT2D eigenvalue weighted by Crippen LogP contribution is 2.07. The van der Waals surface area contributed by atoms with Crippen LogP contribution in [0.2, 0.25) is 19.6 Å². The van der Waals surface area contributed by atoms with Crippen LogP contribution < -0.4 is 0 Å². The first-order valence-corrected chi connectivity index (χ1v) is 7.79. The Balaban J connectivity index is 3.89. The van der Waals surface area contributed by atoms with Gasteiger partial charge in [0, 0.05) is 0 Å². The number of hydrogen-bond donors (Lipinski definition) is 0. The van der Waals surface area contributed by atoms with Crippen molar-refractivity contribution in [3.05, 3.63) is 0 Å². The summed E-state index contributed by atoms with van der Waals surface area (Å²) in [6, 6.07) is 0. The van der Waals surface area contributed by atoms with Crippen molar-refractivity contribution in [2.45, 2.75) is 26.6 Å². The lowest BCUT2D eigenvalue weighted by Gasteiger charge is -2.33. The van der Waals surface area contributed by atoms with Crippen molar-refractivity contribution in [3.8, 4) is 0 Å². The van der Waals surface area contributed by atoms with Crippen LogP contribution in [0, 0.1) is 0 Å². The third kappa shape index (κ3) is 5.00. The van der Waals surface area contributed by atoms with Crippen LogP contribution >= 0.6 is 0 Å². The minimum atomic E-state index is -0.841. The quantitative estimate of drug-likeness (QED) is 0.437. The summed E-state index contributed by atoms with van der Waals surface area (Å²) in [4.78, 5) is 0. The summed E-state index contributed by atoms with van der Waals surface area (Å²) in [5.41, 5.74) is 0. The van der Waals surface area contributed by atoms with Gasteiger partial charge in [0.1, 0.15) is 8.07 Å². The molecule has 0 radical (unpaired) electrons. The van der Waals surface area contributed by atoms with E-state index in [9.17, 15) is 0 Å². The molecule has 0 aliphatic heterocycles. The van der Waals surface area contributed by atoms with Crippen molar-refractivity contribution in [2.75, 3.05) is 26.8 Å². The number of nitrogens with zero attached hydrogens (tertiary/aromatic N) is 1. The molecule has 62 valence electrons. The van der Waals surface area contributed by atoms with Crippen LogP contribution in [0.4, 0.5) is 0 Å². The average Bonchev–Trinajstić information content (AvgIpc) is 1.60. The van der Waals surface area contributed by atoms with Crippen LogP contribution in [0.15, 0.2) is 0 Å². The second-order valence-corrected chi connectivity index (χ2v) is 10.4. The Morgan fingerprint density at radius 3 is 1.60 bits per heavy atom. The molecule has 0 heterocycles. The molecule has 2 heteroatoms. The summed E-state index contributed by atoms with van der Waals surface area (Å²) < 4.78 is 1.19. The predicted octanol–water partition coefficient (Wildman–Crippen LogP) is 1.96. The van der Waals surface area contributed by atoms with E-state index in [1.807, 2.05) is 0 Å². The predicted molar refractivity (Wildman–Crippen MR) is 50.9 cm³/mol. The summed E-state index contributed by atoms with van der Waals surface area (Å²) >= 11 is 0. The first-order chi connectivity index (χ1) is 4.27. The zero-order valence-corrected chi connectivity index (χ0v) is 9.36. The number of hydrogen-bond acceptors (Lipinski definition) is 0. The van der Waals surface area contributed by atoms with Gasteiger partial charge in [-0.1, -0.05) is 19.6 Å². The monoisotopic (exact) mass is 160 g/mol. The van der Waals surface area contributed by atoms with Crippen LogP contribution in [0.1, 0.15) is 6.92 Å². The first-order valence-electron chi connectivity index (χ1n) is 4.09. The molecule has 0 saturated heterocycles. The molecule has 0 N–H and O–H groups in total. The lowest BCUT2D eigenvalue weighted by molar-refractivity contribution is -0.878. The highest BCUT2D eigenvalue weighted by atomic mass is 28.3. The Kier molecular flexibility index (Phi) is 3.11. The molecule has 1 nitrogen and oxygen atoms in total. The molecule has 0 aliphatic carbocycles. The molecular formula is C8H22NSi+. The molecule has 0 spiro atoms. The lowest BCUT2D eigenvalue weighted by atomic mass is 10.6. The van der Waals surface area contributed by atoms with Crippen molar-refractivity contribution in [1.29, 1.82) is 0 Å². The fourth-order valence-electron chi connectivity index (χ4n) is 1.40. The van der Waals surface area contributed by atoms with E-state index in [0.717, 1.165) is 0 Å². The normalized spacial score (nSPS) is 13.8. The lowest BCUT2D eigenvalue weighted by Crippen LogP contribution is -2.50. The Morgan fingerprint density at radius 1 is 1.10 bits per heavy atom. The summed E-state index contributed by atoms with van der Waals surface area (Å²) in [7, 11) is 3.79. The molecule has 0 aromatic carbocycles. The summed E-state index contributed by atoms with van der Waals surface area (Å²) in [6.45, 7) is 10.8. The zero-order valence-electron chi connectivity index (χ0n) is 8.36. The smallest absolute Gasteiger partial charge is 0.110 e. The van der Waals surface area contributed by atoms with Gasteiger partial charge in [-0.2, -0.15) is 0 Å². The van der Waals surface area contributed by atoms with Crippen LogP contribution in [-0.2, 0) is 0 Å². The van der Waals surface area contributed by atoms with E-state index in [1.54, 1.807) is 0 Å². The van der Waals surface area contributed by atoms with Gasteiger partial charge in [-0.3, -0.25) is 0 Å². The minimum absolute atomic E-state index is 0.841. The molecule has 0 fully saturated rings. The third-order valence-corrected chi connectivity index (χ3v) is 3.56. The van der Waals surface area contributed by atoms with E-state index in [1.165, 1.54) is 17.2 Å². The van der Waals surface area contributed by atoms with Gasteiger partial charge in [0.2, 0.25) is 0 Å². The van der Waals surface area contributed by atoms with Gasteiger partial charge in [0.05, 0.1) is 26.8 Å². The van der Waals surface area contributed by atoms with Gasteiger partial charge < -0.3 is 4.48 Å². The molecule has 10 heavy (non-hydrogen) atoms. The summed E-state index contributed by atoms with van der Waals surface area (Å²) in [5.74, 6) is 0. The summed E-state index contributed by atoms with van der Waals surface area (Å²) in [6.07, 6.45) is 1.39. The van der Waals surface area contributed by atoms with E-state index in [-0.39, 0.29) is 0 Å². The van der Waals surface area contributed by atoms with Crippen LogP contribution in [0.25, 0.3) is 0 Å². The second-order valence-electron chi connectivity index (χ2n) is 4.97. The first kappa shape index (κ1) is 10.2. The van der Waals surface area contributed by atoms with Crippen molar-refractivity contribution in [3.63, 3.8) is 0 Å². The zero-order chi connectivity index (χ0) is 8.41. The van der Waals surface area contributed by atoms with Crippen molar-refractivity contribution < 1.29 is 4.48 Å². The number of rotatable bonds is 3. The molecule has 0 rings (SSSR count). The van der Waals surface area contributed by atoms with E-state index >= 15 is 0 Å². The molecular weight excluding hydrogens is 138 g/mol. The fourth-order valence-corrected chi connectivity index (χ4v) is 4.19. The molecule has 0 amide bonds. The van der Waals surface area contributed by atoms with Gasteiger partial charge in [0.15, 0.2) is 0 Å². The Morgan fingerprint density at radius 2 is 1.50 bits per heavy atom. The molecule has 0 aromatic heterocycles. The second kappa shape index (κ2) is 3.05. The summed E-state index contributed by atoms with van der Waals surface area (Å²) in [5, 5.41) is 0. The van der Waals surface area contributed by atoms with E-state index in [0.29, 0.717) is 0 Å². The molecule has 0 unspecified atom stereocenters. The Labute approximate surface area is 66.6 Å². The maximum Gasteiger partial charge on any atom is 0.110 e. The van der Waals surface area contributed by atoms with Crippen LogP contribution in [-0.4, -0.2) is 39.4 Å². The largest absolute Gasteiger partial charge is 0.332 e. The molecule has 0 atom stereocenters. The number of quaternary nitrogens is 1. The van der Waals surface area contributed by atoms with Gasteiger partial charge in [-0.15, -0.1) is 0 Å². The van der Waals surface area contributed by atoms with E-state index < -0.39 is 8.07 Å². The topological polar surface area (TPSA) is 0 Å². The average molecular weight is 160 g/mol. The maximum absolute atomic E-state index is 2.43. The minimum Gasteiger partial charge on any atom is -0.332 e. The van der Waals surface area contributed by atoms with Crippen LogP contribution in [0.3, 0.4) is 0 Å². The molecule has 0 aliphatic rings. The standard InChI is InChI=1S/C8H22NSi/c1-7-9(2,3)8-10(4,5)6/h7-8H2,1-6H3/q+1. The maximum atomic E-state index is 2.43. The van der Waals surface area contributed by atoms with Crippen molar-refractivity contribution >= 4 is 8.07 Å². The third-order valence-electron chi connectivity index (χ3n) is 1.76. The van der Waals surface area contributed by atoms with E-state index in [4.69, 9.17) is 0 Å². The highest BCUT2D eigenvalue weighted by molar-refractivity contribution is 6.75. The Bertz CT molecular complexity index is 102. The van der Waals surface area contributed by atoms with E-state index in [2.05, 4.69) is 40.7 Å². The highest BCUT2D eigenvalue weighted by Gasteiger charge is 2.24.